The summed E-state index contributed by atoms with van der Waals surface area (Å²) >= 11 is 0. The predicted molar refractivity (Wildman–Crippen MR) is 77.4 cm³/mol. The first-order valence-electron chi connectivity index (χ1n) is 6.96. The smallest absolute Gasteiger partial charge is 0.329 e. The molecule has 1 aliphatic rings. The molecule has 0 heterocycles. The maximum absolute atomic E-state index is 11.9. The first-order valence-corrected chi connectivity index (χ1v) is 6.96. The molecular weight excluding hydrogens is 238 g/mol. The average molecular weight is 261 g/mol. The Labute approximate surface area is 115 Å². The Morgan fingerprint density at radius 2 is 1.95 bits per heavy atom. The van der Waals surface area contributed by atoms with Gasteiger partial charge in [0.15, 0.2) is 0 Å². The van der Waals surface area contributed by atoms with E-state index in [1.807, 2.05) is 31.2 Å². The molecule has 0 radical (unpaired) electrons. The number of anilines is 1. The standard InChI is InChI=1S/C16H23NO2/c1-12-7-6-8-13(11-12)17-16(14(18)19)10-5-4-9-15(16,2)3/h6-8,11,17H,4-5,9-10H2,1-3H3,(H,18,19). The Balaban J connectivity index is 2.37. The molecule has 19 heavy (non-hydrogen) atoms. The van der Waals surface area contributed by atoms with Gasteiger partial charge < -0.3 is 10.4 Å². The summed E-state index contributed by atoms with van der Waals surface area (Å²) in [4.78, 5) is 11.9. The van der Waals surface area contributed by atoms with Crippen molar-refractivity contribution < 1.29 is 9.90 Å². The van der Waals surface area contributed by atoms with E-state index in [9.17, 15) is 9.90 Å². The van der Waals surface area contributed by atoms with Crippen molar-refractivity contribution in [2.24, 2.45) is 5.41 Å². The molecular formula is C16H23NO2. The number of aryl methyl sites for hydroxylation is 1. The normalized spacial score (nSPS) is 25.8. The van der Waals surface area contributed by atoms with Crippen LogP contribution in [0.15, 0.2) is 24.3 Å². The minimum absolute atomic E-state index is 0.249. The van der Waals surface area contributed by atoms with E-state index < -0.39 is 11.5 Å². The second kappa shape index (κ2) is 4.87. The summed E-state index contributed by atoms with van der Waals surface area (Å²) in [7, 11) is 0. The van der Waals surface area contributed by atoms with Crippen LogP contribution in [0.4, 0.5) is 5.69 Å². The molecule has 1 aromatic rings. The molecule has 0 spiro atoms. The van der Waals surface area contributed by atoms with Crippen LogP contribution in [0.3, 0.4) is 0 Å². The molecule has 1 unspecified atom stereocenters. The van der Waals surface area contributed by atoms with Gasteiger partial charge in [-0.25, -0.2) is 4.79 Å². The SMILES string of the molecule is Cc1cccc(NC2(C(=O)O)CCCCC2(C)C)c1. The minimum Gasteiger partial charge on any atom is -0.479 e. The van der Waals surface area contributed by atoms with Crippen LogP contribution >= 0.6 is 0 Å². The highest BCUT2D eigenvalue weighted by Crippen LogP contribution is 2.46. The second-order valence-corrected chi connectivity index (χ2v) is 6.30. The van der Waals surface area contributed by atoms with Crippen molar-refractivity contribution in [1.29, 1.82) is 0 Å². The zero-order chi connectivity index (χ0) is 14.1. The van der Waals surface area contributed by atoms with Gasteiger partial charge in [0.05, 0.1) is 0 Å². The highest BCUT2D eigenvalue weighted by molar-refractivity contribution is 5.84. The summed E-state index contributed by atoms with van der Waals surface area (Å²) in [6.07, 6.45) is 3.70. The molecule has 1 aromatic carbocycles. The molecule has 3 heteroatoms. The van der Waals surface area contributed by atoms with E-state index in [0.717, 1.165) is 30.5 Å². The lowest BCUT2D eigenvalue weighted by Gasteiger charge is -2.48. The number of aliphatic carboxylic acids is 1. The van der Waals surface area contributed by atoms with E-state index in [1.54, 1.807) is 0 Å². The van der Waals surface area contributed by atoms with Crippen molar-refractivity contribution >= 4 is 11.7 Å². The van der Waals surface area contributed by atoms with Crippen molar-refractivity contribution in [2.45, 2.75) is 52.0 Å². The molecule has 0 amide bonds. The van der Waals surface area contributed by atoms with Crippen LogP contribution in [0.2, 0.25) is 0 Å². The molecule has 3 nitrogen and oxygen atoms in total. The third-order valence-corrected chi connectivity index (χ3v) is 4.50. The number of carboxylic acid groups (broad SMARTS) is 1. The van der Waals surface area contributed by atoms with Crippen LogP contribution in [-0.2, 0) is 4.79 Å². The van der Waals surface area contributed by atoms with Crippen molar-refractivity contribution in [3.8, 4) is 0 Å². The van der Waals surface area contributed by atoms with Gasteiger partial charge in [-0.05, 0) is 42.9 Å². The Morgan fingerprint density at radius 3 is 2.53 bits per heavy atom. The topological polar surface area (TPSA) is 49.3 Å². The van der Waals surface area contributed by atoms with Gasteiger partial charge in [-0.1, -0.05) is 38.8 Å². The lowest BCUT2D eigenvalue weighted by molar-refractivity contribution is -0.148. The van der Waals surface area contributed by atoms with Crippen molar-refractivity contribution in [3.63, 3.8) is 0 Å². The van der Waals surface area contributed by atoms with E-state index in [-0.39, 0.29) is 5.41 Å². The molecule has 1 atom stereocenters. The number of hydrogen-bond acceptors (Lipinski definition) is 2. The van der Waals surface area contributed by atoms with Crippen LogP contribution in [0, 0.1) is 12.3 Å². The van der Waals surface area contributed by atoms with E-state index in [1.165, 1.54) is 0 Å². The van der Waals surface area contributed by atoms with Gasteiger partial charge in [0.25, 0.3) is 0 Å². The Hall–Kier alpha value is -1.51. The summed E-state index contributed by atoms with van der Waals surface area (Å²) in [5.41, 5.74) is 0.927. The van der Waals surface area contributed by atoms with E-state index >= 15 is 0 Å². The number of benzene rings is 1. The third kappa shape index (κ3) is 2.46. The van der Waals surface area contributed by atoms with E-state index in [2.05, 4.69) is 19.2 Å². The van der Waals surface area contributed by atoms with Gasteiger partial charge in [-0.3, -0.25) is 0 Å². The molecule has 0 bridgehead atoms. The zero-order valence-electron chi connectivity index (χ0n) is 12.0. The molecule has 1 saturated carbocycles. The fourth-order valence-electron chi connectivity index (χ4n) is 3.16. The number of carboxylic acids is 1. The van der Waals surface area contributed by atoms with Crippen molar-refractivity contribution in [2.75, 3.05) is 5.32 Å². The highest BCUT2D eigenvalue weighted by atomic mass is 16.4. The Bertz CT molecular complexity index is 481. The molecule has 0 aromatic heterocycles. The van der Waals surface area contributed by atoms with Gasteiger partial charge >= 0.3 is 5.97 Å². The highest BCUT2D eigenvalue weighted by Gasteiger charge is 2.52. The van der Waals surface area contributed by atoms with Crippen LogP contribution in [0.25, 0.3) is 0 Å². The molecule has 0 aliphatic heterocycles. The molecule has 0 saturated heterocycles. The zero-order valence-corrected chi connectivity index (χ0v) is 12.0. The third-order valence-electron chi connectivity index (χ3n) is 4.50. The first kappa shape index (κ1) is 13.9. The molecule has 104 valence electrons. The molecule has 2 rings (SSSR count). The monoisotopic (exact) mass is 261 g/mol. The fraction of sp³-hybridized carbons (Fsp3) is 0.562. The van der Waals surface area contributed by atoms with Crippen LogP contribution in [-0.4, -0.2) is 16.6 Å². The summed E-state index contributed by atoms with van der Waals surface area (Å²) in [6, 6.07) is 7.94. The largest absolute Gasteiger partial charge is 0.479 e. The van der Waals surface area contributed by atoms with Crippen LogP contribution in [0.1, 0.15) is 45.1 Å². The van der Waals surface area contributed by atoms with Crippen LogP contribution in [0.5, 0.6) is 0 Å². The first-order chi connectivity index (χ1) is 8.87. The summed E-state index contributed by atoms with van der Waals surface area (Å²) in [5, 5.41) is 13.1. The van der Waals surface area contributed by atoms with Crippen molar-refractivity contribution in [1.82, 2.24) is 0 Å². The number of rotatable bonds is 3. The second-order valence-electron chi connectivity index (χ2n) is 6.30. The minimum atomic E-state index is -0.862. The lowest BCUT2D eigenvalue weighted by atomic mass is 9.63. The van der Waals surface area contributed by atoms with Gasteiger partial charge in [0, 0.05) is 5.69 Å². The van der Waals surface area contributed by atoms with Gasteiger partial charge in [-0.2, -0.15) is 0 Å². The number of nitrogens with one attached hydrogen (secondary N) is 1. The molecule has 1 aliphatic carbocycles. The summed E-state index contributed by atoms with van der Waals surface area (Å²) < 4.78 is 0. The van der Waals surface area contributed by atoms with E-state index in [4.69, 9.17) is 0 Å². The maximum atomic E-state index is 11.9. The Morgan fingerprint density at radius 1 is 1.26 bits per heavy atom. The Kier molecular flexibility index (Phi) is 3.57. The van der Waals surface area contributed by atoms with Crippen molar-refractivity contribution in [3.05, 3.63) is 29.8 Å². The molecule has 1 fully saturated rings. The van der Waals surface area contributed by atoms with Gasteiger partial charge in [0.1, 0.15) is 5.54 Å². The predicted octanol–water partition coefficient (Wildman–Crippen LogP) is 3.83. The quantitative estimate of drug-likeness (QED) is 0.869. The number of hydrogen-bond donors (Lipinski definition) is 2. The lowest BCUT2D eigenvalue weighted by Crippen LogP contribution is -2.59. The van der Waals surface area contributed by atoms with Crippen LogP contribution < -0.4 is 5.32 Å². The maximum Gasteiger partial charge on any atom is 0.329 e. The molecule has 2 N–H and O–H groups in total. The summed E-state index contributed by atoms with van der Waals surface area (Å²) in [6.45, 7) is 6.14. The number of carbonyl (C=O) groups is 1. The fourth-order valence-corrected chi connectivity index (χ4v) is 3.16. The summed E-state index contributed by atoms with van der Waals surface area (Å²) in [5.74, 6) is -0.737. The van der Waals surface area contributed by atoms with Gasteiger partial charge in [-0.15, -0.1) is 0 Å². The average Bonchev–Trinajstić information content (AvgIpc) is 2.31. The van der Waals surface area contributed by atoms with Gasteiger partial charge in [0.2, 0.25) is 0 Å². The van der Waals surface area contributed by atoms with E-state index in [0.29, 0.717) is 6.42 Å².